The molecule has 0 spiro atoms. The Labute approximate surface area is 112 Å². The lowest BCUT2D eigenvalue weighted by Crippen LogP contribution is -1.97. The van der Waals surface area contributed by atoms with Gasteiger partial charge in [-0.3, -0.25) is 0 Å². The summed E-state index contributed by atoms with van der Waals surface area (Å²) in [5.74, 6) is -0.0196. The zero-order valence-corrected chi connectivity index (χ0v) is 10.8. The molecule has 0 saturated carbocycles. The average Bonchev–Trinajstić information content (AvgIpc) is 3.00. The van der Waals surface area contributed by atoms with Crippen LogP contribution in [-0.4, -0.2) is 28.2 Å². The van der Waals surface area contributed by atoms with Gasteiger partial charge in [-0.1, -0.05) is 12.1 Å². The summed E-state index contributed by atoms with van der Waals surface area (Å²) in [6, 6.07) is 9.13. The zero-order chi connectivity index (χ0) is 13.4. The van der Waals surface area contributed by atoms with E-state index in [0.29, 0.717) is 10.7 Å². The Hall–Kier alpha value is -2.34. The van der Waals surface area contributed by atoms with Gasteiger partial charge in [0.25, 0.3) is 0 Å². The normalized spacial score (nSPS) is 10.8. The highest BCUT2D eigenvalue weighted by Crippen LogP contribution is 2.35. The van der Waals surface area contributed by atoms with Gasteiger partial charge in [-0.05, 0) is 12.1 Å². The van der Waals surface area contributed by atoms with Crippen molar-refractivity contribution in [2.45, 2.75) is 0 Å². The van der Waals surface area contributed by atoms with E-state index in [1.54, 1.807) is 0 Å². The first-order chi connectivity index (χ1) is 9.19. The van der Waals surface area contributed by atoms with Crippen LogP contribution < -0.4 is 0 Å². The van der Waals surface area contributed by atoms with Gasteiger partial charge in [-0.15, -0.1) is 11.3 Å². The number of nitrogens with zero attached hydrogens (tertiary/aromatic N) is 1. The molecule has 0 atom stereocenters. The van der Waals surface area contributed by atoms with E-state index in [-0.39, 0.29) is 10.6 Å². The van der Waals surface area contributed by atoms with E-state index < -0.39 is 5.97 Å². The largest absolute Gasteiger partial charge is 0.506 e. The second kappa shape index (κ2) is 4.40. The van der Waals surface area contributed by atoms with Crippen LogP contribution in [0.5, 0.6) is 5.75 Å². The summed E-state index contributed by atoms with van der Waals surface area (Å²) < 4.78 is 4.61. The van der Waals surface area contributed by atoms with Gasteiger partial charge >= 0.3 is 5.97 Å². The molecule has 3 rings (SSSR count). The van der Waals surface area contributed by atoms with E-state index in [9.17, 15) is 9.90 Å². The fraction of sp³-hybridized carbons (Fsp3) is 0.0769. The number of aromatic amines is 1. The Morgan fingerprint density at radius 2 is 2.21 bits per heavy atom. The Balaban J connectivity index is 2.09. The highest BCUT2D eigenvalue weighted by Gasteiger charge is 2.18. The van der Waals surface area contributed by atoms with Gasteiger partial charge < -0.3 is 14.8 Å². The molecule has 0 bridgehead atoms. The van der Waals surface area contributed by atoms with Crippen molar-refractivity contribution in [2.75, 3.05) is 7.11 Å². The van der Waals surface area contributed by atoms with E-state index in [1.807, 2.05) is 24.3 Å². The number of imidazole rings is 1. The molecule has 0 unspecified atom stereocenters. The zero-order valence-electron chi connectivity index (χ0n) is 10.0. The molecule has 5 nitrogen and oxygen atoms in total. The van der Waals surface area contributed by atoms with E-state index in [1.165, 1.54) is 13.2 Å². The number of thiophene rings is 1. The number of para-hydroxylation sites is 2. The number of rotatable bonds is 2. The number of H-pyrrole nitrogens is 1. The number of ether oxygens (including phenoxy) is 1. The number of fused-ring (bicyclic) bond motifs is 1. The first kappa shape index (κ1) is 11.7. The molecule has 0 aliphatic rings. The Kier molecular flexibility index (Phi) is 2.72. The van der Waals surface area contributed by atoms with Crippen molar-refractivity contribution < 1.29 is 14.6 Å². The van der Waals surface area contributed by atoms with Crippen molar-refractivity contribution >= 4 is 28.3 Å². The van der Waals surface area contributed by atoms with Crippen LogP contribution >= 0.6 is 11.3 Å². The summed E-state index contributed by atoms with van der Waals surface area (Å²) in [6.45, 7) is 0. The Bertz CT molecular complexity index is 727. The Morgan fingerprint density at radius 1 is 1.42 bits per heavy atom. The molecule has 3 aromatic rings. The van der Waals surface area contributed by atoms with Crippen LogP contribution in [0, 0.1) is 0 Å². The summed E-state index contributed by atoms with van der Waals surface area (Å²) >= 11 is 1.14. The monoisotopic (exact) mass is 274 g/mol. The summed E-state index contributed by atoms with van der Waals surface area (Å²) in [5, 5.41) is 9.74. The predicted molar refractivity (Wildman–Crippen MR) is 72.4 cm³/mol. The van der Waals surface area contributed by atoms with Crippen molar-refractivity contribution in [2.24, 2.45) is 0 Å². The van der Waals surface area contributed by atoms with Crippen molar-refractivity contribution in [3.8, 4) is 16.5 Å². The second-order valence-corrected chi connectivity index (χ2v) is 4.97. The minimum absolute atomic E-state index is 0.0905. The van der Waals surface area contributed by atoms with Gasteiger partial charge in [0.2, 0.25) is 0 Å². The number of nitrogens with one attached hydrogen (secondary N) is 1. The van der Waals surface area contributed by atoms with Crippen molar-refractivity contribution in [1.82, 2.24) is 9.97 Å². The van der Waals surface area contributed by atoms with E-state index in [2.05, 4.69) is 14.7 Å². The van der Waals surface area contributed by atoms with Crippen molar-refractivity contribution in [1.29, 1.82) is 0 Å². The number of aromatic hydroxyl groups is 1. The Morgan fingerprint density at radius 3 is 2.95 bits per heavy atom. The smallest absolute Gasteiger partial charge is 0.351 e. The third-order valence-corrected chi connectivity index (χ3v) is 3.82. The lowest BCUT2D eigenvalue weighted by Gasteiger charge is -1.93. The minimum Gasteiger partial charge on any atom is -0.506 e. The van der Waals surface area contributed by atoms with E-state index >= 15 is 0 Å². The number of hydrogen-bond donors (Lipinski definition) is 2. The molecule has 1 aromatic carbocycles. The molecule has 0 aliphatic carbocycles. The third kappa shape index (κ3) is 1.96. The van der Waals surface area contributed by atoms with Gasteiger partial charge in [0.05, 0.1) is 23.0 Å². The van der Waals surface area contributed by atoms with Crippen LogP contribution in [-0.2, 0) is 4.74 Å². The van der Waals surface area contributed by atoms with Gasteiger partial charge in [-0.25, -0.2) is 9.78 Å². The summed E-state index contributed by atoms with van der Waals surface area (Å²) in [6.07, 6.45) is 0. The first-order valence-corrected chi connectivity index (χ1v) is 6.37. The topological polar surface area (TPSA) is 75.2 Å². The van der Waals surface area contributed by atoms with Gasteiger partial charge in [0.15, 0.2) is 4.88 Å². The number of benzene rings is 1. The first-order valence-electron chi connectivity index (χ1n) is 5.55. The number of carbonyl (C=O) groups excluding carboxylic acids is 1. The summed E-state index contributed by atoms with van der Waals surface area (Å²) in [5.41, 5.74) is 1.75. The van der Waals surface area contributed by atoms with Gasteiger partial charge in [0.1, 0.15) is 11.6 Å². The maximum Gasteiger partial charge on any atom is 0.351 e. The molecular formula is C13H10N2O3S. The maximum absolute atomic E-state index is 11.4. The average molecular weight is 274 g/mol. The number of aromatic nitrogens is 2. The standard InChI is InChI=1S/C13H10N2O3S/c1-18-13(17)11-9(16)6-10(19-11)12-14-7-4-2-3-5-8(7)15-12/h2-6,16H,1H3,(H,14,15). The molecule has 2 heterocycles. The van der Waals surface area contributed by atoms with Crippen molar-refractivity contribution in [3.05, 3.63) is 35.2 Å². The maximum atomic E-state index is 11.4. The fourth-order valence-electron chi connectivity index (χ4n) is 1.81. The molecule has 0 saturated heterocycles. The molecule has 96 valence electrons. The van der Waals surface area contributed by atoms with Crippen LogP contribution in [0.15, 0.2) is 30.3 Å². The minimum atomic E-state index is -0.551. The molecule has 2 N–H and O–H groups in total. The molecule has 0 aliphatic heterocycles. The van der Waals surface area contributed by atoms with Crippen LogP contribution in [0.3, 0.4) is 0 Å². The van der Waals surface area contributed by atoms with E-state index in [0.717, 1.165) is 22.4 Å². The van der Waals surface area contributed by atoms with Crippen LogP contribution in [0.4, 0.5) is 0 Å². The SMILES string of the molecule is COC(=O)c1sc(-c2nc3ccccc3[nH]2)cc1O. The predicted octanol–water partition coefficient (Wildman–Crippen LogP) is 2.78. The lowest BCUT2D eigenvalue weighted by atomic mass is 10.3. The quantitative estimate of drug-likeness (QED) is 0.705. The van der Waals surface area contributed by atoms with Crippen LogP contribution in [0.25, 0.3) is 21.7 Å². The van der Waals surface area contributed by atoms with Gasteiger partial charge in [0, 0.05) is 6.07 Å². The molecule has 6 heteroatoms. The molecule has 0 amide bonds. The summed E-state index contributed by atoms with van der Waals surface area (Å²) in [4.78, 5) is 19.9. The number of esters is 1. The number of methoxy groups -OCH3 is 1. The third-order valence-electron chi connectivity index (χ3n) is 2.71. The van der Waals surface area contributed by atoms with Crippen LogP contribution in [0.2, 0.25) is 0 Å². The highest BCUT2D eigenvalue weighted by molar-refractivity contribution is 7.17. The fourth-order valence-corrected chi connectivity index (χ4v) is 2.72. The molecular weight excluding hydrogens is 264 g/mol. The van der Waals surface area contributed by atoms with Crippen LogP contribution in [0.1, 0.15) is 9.67 Å². The molecule has 19 heavy (non-hydrogen) atoms. The second-order valence-electron chi connectivity index (χ2n) is 3.92. The van der Waals surface area contributed by atoms with Gasteiger partial charge in [-0.2, -0.15) is 0 Å². The molecule has 0 radical (unpaired) electrons. The number of carbonyl (C=O) groups is 1. The molecule has 0 fully saturated rings. The summed E-state index contributed by atoms with van der Waals surface area (Å²) in [7, 11) is 1.28. The van der Waals surface area contributed by atoms with E-state index in [4.69, 9.17) is 0 Å². The number of hydrogen-bond acceptors (Lipinski definition) is 5. The lowest BCUT2D eigenvalue weighted by molar-refractivity contribution is 0.0603. The van der Waals surface area contributed by atoms with Crippen molar-refractivity contribution in [3.63, 3.8) is 0 Å². The molecule has 2 aromatic heterocycles. The highest BCUT2D eigenvalue weighted by atomic mass is 32.1.